The van der Waals surface area contributed by atoms with E-state index in [-0.39, 0.29) is 11.5 Å². The highest BCUT2D eigenvalue weighted by atomic mass is 16.3. The first kappa shape index (κ1) is 13.4. The summed E-state index contributed by atoms with van der Waals surface area (Å²) < 4.78 is 1.89. The van der Waals surface area contributed by atoms with E-state index in [1.165, 1.54) is 17.7 Å². The third kappa shape index (κ3) is 2.27. The van der Waals surface area contributed by atoms with Gasteiger partial charge in [-0.15, -0.1) is 0 Å². The van der Waals surface area contributed by atoms with E-state index < -0.39 is 0 Å². The second-order valence-corrected chi connectivity index (χ2v) is 5.88. The van der Waals surface area contributed by atoms with Crippen LogP contribution in [0, 0.1) is 0 Å². The fourth-order valence-corrected chi connectivity index (χ4v) is 3.35. The normalized spacial score (nSPS) is 18.5. The van der Waals surface area contributed by atoms with Crippen molar-refractivity contribution in [2.75, 3.05) is 0 Å². The van der Waals surface area contributed by atoms with Gasteiger partial charge in [0.1, 0.15) is 0 Å². The van der Waals surface area contributed by atoms with Crippen LogP contribution in [-0.2, 0) is 18.9 Å². The van der Waals surface area contributed by atoms with Gasteiger partial charge in [-0.25, -0.2) is 0 Å². The largest absolute Gasteiger partial charge is 0.392 e. The van der Waals surface area contributed by atoms with E-state index in [9.17, 15) is 5.11 Å². The smallest absolute Gasteiger partial charge is 0.0640 e. The first-order chi connectivity index (χ1) is 9.72. The topological polar surface area (TPSA) is 38.0 Å². The Morgan fingerprint density at radius 3 is 2.55 bits per heavy atom. The van der Waals surface area contributed by atoms with Gasteiger partial charge in [0.2, 0.25) is 0 Å². The number of hydrogen-bond acceptors (Lipinski definition) is 2. The minimum Gasteiger partial charge on any atom is -0.392 e. The molecule has 1 aliphatic carbocycles. The van der Waals surface area contributed by atoms with Gasteiger partial charge in [0.25, 0.3) is 0 Å². The zero-order chi connectivity index (χ0) is 14.0. The fraction of sp³-hybridized carbons (Fsp3) is 0.471. The molecule has 2 aromatic rings. The molecule has 0 radical (unpaired) electrons. The van der Waals surface area contributed by atoms with Gasteiger partial charge in [-0.05, 0) is 37.3 Å². The predicted molar refractivity (Wildman–Crippen MR) is 79.5 cm³/mol. The molecule has 1 heterocycles. The Morgan fingerprint density at radius 2 is 2.00 bits per heavy atom. The Labute approximate surface area is 120 Å². The minimum absolute atomic E-state index is 0.0140. The van der Waals surface area contributed by atoms with Gasteiger partial charge in [-0.3, -0.25) is 4.68 Å². The van der Waals surface area contributed by atoms with Crippen molar-refractivity contribution in [1.29, 1.82) is 0 Å². The van der Waals surface area contributed by atoms with E-state index in [0.29, 0.717) is 0 Å². The molecule has 0 amide bonds. The van der Waals surface area contributed by atoms with Crippen molar-refractivity contribution < 1.29 is 5.11 Å². The highest BCUT2D eigenvalue weighted by Gasteiger charge is 2.44. The summed E-state index contributed by atoms with van der Waals surface area (Å²) in [7, 11) is 1.96. The fourth-order valence-electron chi connectivity index (χ4n) is 3.35. The average Bonchev–Trinajstić information content (AvgIpc) is 2.82. The molecule has 1 aromatic heterocycles. The van der Waals surface area contributed by atoms with Gasteiger partial charge < -0.3 is 5.11 Å². The van der Waals surface area contributed by atoms with E-state index in [0.717, 1.165) is 25.7 Å². The lowest BCUT2D eigenvalue weighted by Gasteiger charge is -2.46. The molecule has 1 atom stereocenters. The van der Waals surface area contributed by atoms with Crippen LogP contribution < -0.4 is 0 Å². The van der Waals surface area contributed by atoms with Crippen molar-refractivity contribution in [3.8, 4) is 0 Å². The molecule has 20 heavy (non-hydrogen) atoms. The molecule has 1 aliphatic rings. The number of aliphatic hydroxyl groups is 1. The maximum absolute atomic E-state index is 10.7. The van der Waals surface area contributed by atoms with Crippen molar-refractivity contribution in [2.24, 2.45) is 7.05 Å². The second kappa shape index (κ2) is 5.41. The molecule has 1 N–H and O–H groups in total. The highest BCUT2D eigenvalue weighted by Crippen LogP contribution is 2.47. The molecule has 0 spiro atoms. The van der Waals surface area contributed by atoms with Crippen LogP contribution in [0.2, 0.25) is 0 Å². The summed E-state index contributed by atoms with van der Waals surface area (Å²) in [6.07, 6.45) is 6.65. The maximum Gasteiger partial charge on any atom is 0.0640 e. The second-order valence-electron chi connectivity index (χ2n) is 5.88. The summed E-state index contributed by atoms with van der Waals surface area (Å²) >= 11 is 0. The maximum atomic E-state index is 10.7. The molecule has 3 heteroatoms. The molecule has 1 saturated carbocycles. The van der Waals surface area contributed by atoms with Crippen LogP contribution in [0.3, 0.4) is 0 Å². The van der Waals surface area contributed by atoms with Gasteiger partial charge in [-0.2, -0.15) is 5.10 Å². The first-order valence-corrected chi connectivity index (χ1v) is 7.43. The monoisotopic (exact) mass is 270 g/mol. The Kier molecular flexibility index (Phi) is 3.62. The molecular weight excluding hydrogens is 248 g/mol. The zero-order valence-electron chi connectivity index (χ0n) is 12.0. The third-order valence-electron chi connectivity index (χ3n) is 4.83. The molecule has 0 saturated heterocycles. The van der Waals surface area contributed by atoms with Crippen molar-refractivity contribution in [3.63, 3.8) is 0 Å². The summed E-state index contributed by atoms with van der Waals surface area (Å²) in [5, 5.41) is 14.9. The predicted octanol–water partition coefficient (Wildman–Crippen LogP) is 2.84. The highest BCUT2D eigenvalue weighted by molar-refractivity contribution is 5.29. The van der Waals surface area contributed by atoms with Crippen molar-refractivity contribution in [1.82, 2.24) is 9.78 Å². The van der Waals surface area contributed by atoms with Crippen LogP contribution in [0.15, 0.2) is 42.6 Å². The van der Waals surface area contributed by atoms with E-state index in [1.807, 2.05) is 30.1 Å². The lowest BCUT2D eigenvalue weighted by molar-refractivity contribution is 0.0222. The average molecular weight is 270 g/mol. The van der Waals surface area contributed by atoms with E-state index in [1.54, 1.807) is 0 Å². The Hall–Kier alpha value is -1.61. The SMILES string of the molecule is Cn1nccc1CCC(O)C1(c2ccccc2)CCC1. The van der Waals surface area contributed by atoms with Gasteiger partial charge in [0, 0.05) is 24.4 Å². The summed E-state index contributed by atoms with van der Waals surface area (Å²) in [6.45, 7) is 0. The molecule has 106 valence electrons. The van der Waals surface area contributed by atoms with E-state index in [4.69, 9.17) is 0 Å². The van der Waals surface area contributed by atoms with E-state index in [2.05, 4.69) is 29.4 Å². The summed E-state index contributed by atoms with van der Waals surface area (Å²) in [5.74, 6) is 0. The number of aromatic nitrogens is 2. The van der Waals surface area contributed by atoms with Gasteiger partial charge in [0.15, 0.2) is 0 Å². The molecule has 1 aromatic carbocycles. The quantitative estimate of drug-likeness (QED) is 0.907. The van der Waals surface area contributed by atoms with Crippen LogP contribution in [0.25, 0.3) is 0 Å². The summed E-state index contributed by atoms with van der Waals surface area (Å²) in [5.41, 5.74) is 2.47. The molecule has 3 rings (SSSR count). The Morgan fingerprint density at radius 1 is 1.25 bits per heavy atom. The van der Waals surface area contributed by atoms with Crippen molar-refractivity contribution in [3.05, 3.63) is 53.9 Å². The number of aliphatic hydroxyl groups excluding tert-OH is 1. The van der Waals surface area contributed by atoms with Crippen molar-refractivity contribution >= 4 is 0 Å². The first-order valence-electron chi connectivity index (χ1n) is 7.43. The Balaban J connectivity index is 1.72. The van der Waals surface area contributed by atoms with Crippen LogP contribution in [-0.4, -0.2) is 21.0 Å². The molecule has 0 bridgehead atoms. The van der Waals surface area contributed by atoms with Crippen LogP contribution in [0.1, 0.15) is 36.9 Å². The minimum atomic E-state index is -0.270. The van der Waals surface area contributed by atoms with Gasteiger partial charge in [0.05, 0.1) is 6.10 Å². The third-order valence-corrected chi connectivity index (χ3v) is 4.83. The number of rotatable bonds is 5. The van der Waals surface area contributed by atoms with Crippen LogP contribution in [0.4, 0.5) is 0 Å². The Bertz CT molecular complexity index is 557. The zero-order valence-corrected chi connectivity index (χ0v) is 12.0. The number of aryl methyl sites for hydroxylation is 2. The molecular formula is C17H22N2O. The molecule has 0 aliphatic heterocycles. The van der Waals surface area contributed by atoms with Crippen molar-refractivity contribution in [2.45, 2.75) is 43.6 Å². The number of benzene rings is 1. The molecule has 1 fully saturated rings. The van der Waals surface area contributed by atoms with Gasteiger partial charge >= 0.3 is 0 Å². The van der Waals surface area contributed by atoms with Crippen LogP contribution >= 0.6 is 0 Å². The van der Waals surface area contributed by atoms with Gasteiger partial charge in [-0.1, -0.05) is 36.8 Å². The van der Waals surface area contributed by atoms with E-state index >= 15 is 0 Å². The molecule has 1 unspecified atom stereocenters. The lowest BCUT2D eigenvalue weighted by atomic mass is 9.60. The standard InChI is InChI=1S/C17H22N2O/c1-19-15(10-13-18-19)8-9-16(20)17(11-5-12-17)14-6-3-2-4-7-14/h2-4,6-7,10,13,16,20H,5,8-9,11-12H2,1H3. The number of nitrogens with zero attached hydrogens (tertiary/aromatic N) is 2. The lowest BCUT2D eigenvalue weighted by Crippen LogP contribution is -2.45. The molecule has 3 nitrogen and oxygen atoms in total. The summed E-state index contributed by atoms with van der Waals surface area (Å²) in [4.78, 5) is 0. The summed E-state index contributed by atoms with van der Waals surface area (Å²) in [6, 6.07) is 12.5. The number of hydrogen-bond donors (Lipinski definition) is 1. The van der Waals surface area contributed by atoms with Crippen LogP contribution in [0.5, 0.6) is 0 Å².